The van der Waals surface area contributed by atoms with Crippen LogP contribution in [0.25, 0.3) is 16.6 Å². The molecule has 1 unspecified atom stereocenters. The number of benzene rings is 2. The molecule has 29 heavy (non-hydrogen) atoms. The van der Waals surface area contributed by atoms with Crippen LogP contribution in [0.5, 0.6) is 0 Å². The van der Waals surface area contributed by atoms with Crippen molar-refractivity contribution in [1.82, 2.24) is 19.3 Å². The van der Waals surface area contributed by atoms with Crippen LogP contribution in [-0.4, -0.2) is 19.3 Å². The SMILES string of the molecule is CC(N)c1nc2ccc(F)c(C#Cc3cnn(C)c3)c2c(=O)n1-c1ccccc1. The van der Waals surface area contributed by atoms with E-state index in [0.29, 0.717) is 22.6 Å². The smallest absolute Gasteiger partial charge is 0.267 e. The third-order valence-electron chi connectivity index (χ3n) is 4.47. The minimum absolute atomic E-state index is 0.00441. The van der Waals surface area contributed by atoms with Gasteiger partial charge in [-0.2, -0.15) is 5.10 Å². The Morgan fingerprint density at radius 2 is 1.90 bits per heavy atom. The monoisotopic (exact) mass is 387 g/mol. The Morgan fingerprint density at radius 1 is 1.14 bits per heavy atom. The lowest BCUT2D eigenvalue weighted by Gasteiger charge is -2.16. The van der Waals surface area contributed by atoms with Crippen molar-refractivity contribution in [3.05, 3.63) is 88.0 Å². The van der Waals surface area contributed by atoms with Crippen LogP contribution in [0.15, 0.2) is 59.7 Å². The van der Waals surface area contributed by atoms with Crippen LogP contribution in [0.1, 0.15) is 29.9 Å². The van der Waals surface area contributed by atoms with E-state index in [2.05, 4.69) is 21.9 Å². The van der Waals surface area contributed by atoms with Gasteiger partial charge in [0.25, 0.3) is 5.56 Å². The van der Waals surface area contributed by atoms with Crippen molar-refractivity contribution in [3.8, 4) is 17.5 Å². The molecule has 0 aliphatic heterocycles. The molecule has 7 heteroatoms. The summed E-state index contributed by atoms with van der Waals surface area (Å²) in [5, 5.41) is 4.16. The summed E-state index contributed by atoms with van der Waals surface area (Å²) in [6, 6.07) is 11.3. The Labute approximate surface area is 166 Å². The van der Waals surface area contributed by atoms with E-state index in [-0.39, 0.29) is 10.9 Å². The molecular formula is C22H18FN5O. The molecule has 2 aromatic heterocycles. The quantitative estimate of drug-likeness (QED) is 0.537. The number of nitrogens with zero attached hydrogens (tertiary/aromatic N) is 4. The predicted octanol–water partition coefficient (Wildman–Crippen LogP) is 2.68. The number of fused-ring (bicyclic) bond motifs is 1. The molecule has 144 valence electrons. The molecule has 0 bridgehead atoms. The molecule has 6 nitrogen and oxygen atoms in total. The van der Waals surface area contributed by atoms with Gasteiger partial charge in [-0.05, 0) is 31.2 Å². The second kappa shape index (κ2) is 7.34. The van der Waals surface area contributed by atoms with Gasteiger partial charge in [-0.3, -0.25) is 14.0 Å². The first-order chi connectivity index (χ1) is 14.0. The molecule has 0 fully saturated rings. The molecule has 2 N–H and O–H groups in total. The molecule has 0 radical (unpaired) electrons. The van der Waals surface area contributed by atoms with Crippen LogP contribution in [0.4, 0.5) is 4.39 Å². The van der Waals surface area contributed by atoms with Crippen molar-refractivity contribution < 1.29 is 4.39 Å². The van der Waals surface area contributed by atoms with Gasteiger partial charge in [0.15, 0.2) is 0 Å². The average molecular weight is 387 g/mol. The van der Waals surface area contributed by atoms with E-state index in [0.717, 1.165) is 0 Å². The summed E-state index contributed by atoms with van der Waals surface area (Å²) in [6.07, 6.45) is 3.29. The Bertz CT molecular complexity index is 1330. The normalized spacial score (nSPS) is 11.9. The molecule has 0 spiro atoms. The highest BCUT2D eigenvalue weighted by atomic mass is 19.1. The summed E-state index contributed by atoms with van der Waals surface area (Å²) >= 11 is 0. The Hall–Kier alpha value is -3.76. The largest absolute Gasteiger partial charge is 0.322 e. The van der Waals surface area contributed by atoms with Crippen LogP contribution in [-0.2, 0) is 7.05 Å². The van der Waals surface area contributed by atoms with Gasteiger partial charge in [-0.1, -0.05) is 30.0 Å². The third-order valence-corrected chi connectivity index (χ3v) is 4.47. The van der Waals surface area contributed by atoms with Crippen LogP contribution in [0.2, 0.25) is 0 Å². The van der Waals surface area contributed by atoms with Gasteiger partial charge < -0.3 is 5.73 Å². The van der Waals surface area contributed by atoms with Crippen LogP contribution >= 0.6 is 0 Å². The number of nitrogens with two attached hydrogens (primary N) is 1. The summed E-state index contributed by atoms with van der Waals surface area (Å²) in [5.74, 6) is 5.47. The molecule has 0 saturated heterocycles. The molecule has 0 amide bonds. The van der Waals surface area contributed by atoms with Crippen molar-refractivity contribution in [3.63, 3.8) is 0 Å². The van der Waals surface area contributed by atoms with E-state index < -0.39 is 17.4 Å². The Balaban J connectivity index is 2.05. The first-order valence-electron chi connectivity index (χ1n) is 9.02. The van der Waals surface area contributed by atoms with Crippen molar-refractivity contribution >= 4 is 10.9 Å². The first kappa shape index (κ1) is 18.6. The number of halogens is 1. The fourth-order valence-electron chi connectivity index (χ4n) is 3.14. The van der Waals surface area contributed by atoms with Gasteiger partial charge in [0, 0.05) is 13.2 Å². The van der Waals surface area contributed by atoms with Gasteiger partial charge >= 0.3 is 0 Å². The molecule has 0 aliphatic carbocycles. The highest BCUT2D eigenvalue weighted by molar-refractivity contribution is 5.85. The van der Waals surface area contributed by atoms with E-state index in [1.807, 2.05) is 18.2 Å². The number of aromatic nitrogens is 4. The standard InChI is InChI=1S/C22H18FN5O/c1-14(24)21-26-19-11-10-18(23)17(9-8-15-12-25-27(2)13-15)20(19)22(29)28(21)16-6-4-3-5-7-16/h3-7,10-14H,24H2,1-2H3. The summed E-state index contributed by atoms with van der Waals surface area (Å²) in [4.78, 5) is 18.0. The first-order valence-corrected chi connectivity index (χ1v) is 9.02. The maximum atomic E-state index is 14.7. The third kappa shape index (κ3) is 3.42. The zero-order valence-corrected chi connectivity index (χ0v) is 15.9. The number of para-hydroxylation sites is 1. The van der Waals surface area contributed by atoms with Gasteiger partial charge in [-0.15, -0.1) is 0 Å². The predicted molar refractivity (Wildman–Crippen MR) is 109 cm³/mol. The maximum Gasteiger partial charge on any atom is 0.267 e. The summed E-state index contributed by atoms with van der Waals surface area (Å²) < 4.78 is 17.7. The molecule has 2 heterocycles. The number of hydrogen-bond donors (Lipinski definition) is 1. The van der Waals surface area contributed by atoms with E-state index >= 15 is 0 Å². The van der Waals surface area contributed by atoms with Gasteiger partial charge in [0.05, 0.1) is 40.0 Å². The fraction of sp³-hybridized carbons (Fsp3) is 0.136. The summed E-state index contributed by atoms with van der Waals surface area (Å²) in [5.41, 5.74) is 7.25. The summed E-state index contributed by atoms with van der Waals surface area (Å²) in [6.45, 7) is 1.75. The number of hydrogen-bond acceptors (Lipinski definition) is 4. The lowest BCUT2D eigenvalue weighted by molar-refractivity contribution is 0.625. The summed E-state index contributed by atoms with van der Waals surface area (Å²) in [7, 11) is 1.77. The van der Waals surface area contributed by atoms with Crippen molar-refractivity contribution in [2.75, 3.05) is 0 Å². The topological polar surface area (TPSA) is 78.7 Å². The zero-order valence-electron chi connectivity index (χ0n) is 15.9. The van der Waals surface area contributed by atoms with Crippen LogP contribution < -0.4 is 11.3 Å². The Morgan fingerprint density at radius 3 is 2.55 bits per heavy atom. The van der Waals surface area contributed by atoms with Crippen LogP contribution in [0.3, 0.4) is 0 Å². The lowest BCUT2D eigenvalue weighted by Crippen LogP contribution is -2.28. The molecule has 2 aromatic carbocycles. The maximum absolute atomic E-state index is 14.7. The van der Waals surface area contributed by atoms with E-state index in [1.54, 1.807) is 43.2 Å². The molecule has 0 aliphatic rings. The van der Waals surface area contributed by atoms with Crippen molar-refractivity contribution in [2.45, 2.75) is 13.0 Å². The van der Waals surface area contributed by atoms with E-state index in [1.165, 1.54) is 16.7 Å². The van der Waals surface area contributed by atoms with Crippen molar-refractivity contribution in [2.24, 2.45) is 12.8 Å². The number of aryl methyl sites for hydroxylation is 1. The van der Waals surface area contributed by atoms with Gasteiger partial charge in [-0.25, -0.2) is 9.37 Å². The van der Waals surface area contributed by atoms with Crippen molar-refractivity contribution in [1.29, 1.82) is 0 Å². The second-order valence-electron chi connectivity index (χ2n) is 6.70. The van der Waals surface area contributed by atoms with Gasteiger partial charge in [0.1, 0.15) is 11.6 Å². The molecule has 4 rings (SSSR count). The van der Waals surface area contributed by atoms with E-state index in [4.69, 9.17) is 5.73 Å². The minimum Gasteiger partial charge on any atom is -0.322 e. The minimum atomic E-state index is -0.582. The second-order valence-corrected chi connectivity index (χ2v) is 6.70. The van der Waals surface area contributed by atoms with Gasteiger partial charge in [0.2, 0.25) is 0 Å². The highest BCUT2D eigenvalue weighted by Gasteiger charge is 2.19. The molecule has 1 atom stereocenters. The number of rotatable bonds is 2. The van der Waals surface area contributed by atoms with Crippen LogP contribution in [0, 0.1) is 17.7 Å². The fourth-order valence-corrected chi connectivity index (χ4v) is 3.14. The molecule has 4 aromatic rings. The zero-order chi connectivity index (χ0) is 20.5. The highest BCUT2D eigenvalue weighted by Crippen LogP contribution is 2.21. The lowest BCUT2D eigenvalue weighted by atomic mass is 10.1. The molecule has 0 saturated carbocycles. The van der Waals surface area contributed by atoms with E-state index in [9.17, 15) is 9.18 Å². The molecular weight excluding hydrogens is 369 g/mol. The Kier molecular flexibility index (Phi) is 4.71. The average Bonchev–Trinajstić information content (AvgIpc) is 3.13.